The van der Waals surface area contributed by atoms with Gasteiger partial charge < -0.3 is 15.0 Å². The summed E-state index contributed by atoms with van der Waals surface area (Å²) in [6, 6.07) is 8.99. The second kappa shape index (κ2) is 11.8. The first kappa shape index (κ1) is 25.6. The van der Waals surface area contributed by atoms with Crippen molar-refractivity contribution < 1.29 is 14.3 Å². The van der Waals surface area contributed by atoms with Gasteiger partial charge in [0.1, 0.15) is 11.8 Å². The van der Waals surface area contributed by atoms with Gasteiger partial charge in [0.05, 0.1) is 5.02 Å². The van der Waals surface area contributed by atoms with Gasteiger partial charge >= 0.3 is 0 Å². The Hall–Kier alpha value is -1.66. The zero-order chi connectivity index (χ0) is 23.1. The largest absolute Gasteiger partial charge is 0.482 e. The van der Waals surface area contributed by atoms with Gasteiger partial charge in [-0.05, 0) is 50.6 Å². The number of carbonyl (C=O) groups is 2. The SMILES string of the molecule is CCC(C(=O)NC(C)C)N(Cc1c(Cl)cccc1Cl)C(=O)COc1ccc(Cl)cc1Cl. The number of carbonyl (C=O) groups excluding carboxylic acids is 2. The maximum Gasteiger partial charge on any atom is 0.261 e. The molecule has 9 heteroatoms. The Morgan fingerprint density at radius 3 is 2.23 bits per heavy atom. The molecule has 5 nitrogen and oxygen atoms in total. The van der Waals surface area contributed by atoms with Crippen molar-refractivity contribution in [3.8, 4) is 5.75 Å². The molecule has 2 amide bonds. The molecule has 2 rings (SSSR count). The van der Waals surface area contributed by atoms with Gasteiger partial charge in [-0.1, -0.05) is 59.4 Å². The summed E-state index contributed by atoms with van der Waals surface area (Å²) in [5.74, 6) is -0.360. The molecule has 2 aromatic carbocycles. The lowest BCUT2D eigenvalue weighted by Crippen LogP contribution is -2.51. The van der Waals surface area contributed by atoms with Gasteiger partial charge in [0.2, 0.25) is 5.91 Å². The lowest BCUT2D eigenvalue weighted by Gasteiger charge is -2.31. The summed E-state index contributed by atoms with van der Waals surface area (Å²) in [6.07, 6.45) is 0.397. The van der Waals surface area contributed by atoms with Crippen LogP contribution in [0.25, 0.3) is 0 Å². The van der Waals surface area contributed by atoms with Crippen LogP contribution in [0.5, 0.6) is 5.75 Å². The lowest BCUT2D eigenvalue weighted by atomic mass is 10.1. The van der Waals surface area contributed by atoms with Crippen molar-refractivity contribution >= 4 is 58.2 Å². The topological polar surface area (TPSA) is 58.6 Å². The summed E-state index contributed by atoms with van der Waals surface area (Å²) < 4.78 is 5.61. The van der Waals surface area contributed by atoms with Crippen LogP contribution in [0.3, 0.4) is 0 Å². The minimum atomic E-state index is -0.730. The van der Waals surface area contributed by atoms with Gasteiger partial charge in [-0.3, -0.25) is 9.59 Å². The molecule has 0 fully saturated rings. The zero-order valence-corrected chi connectivity index (χ0v) is 20.4. The van der Waals surface area contributed by atoms with Crippen LogP contribution in [-0.4, -0.2) is 35.4 Å². The van der Waals surface area contributed by atoms with Crippen LogP contribution in [0.15, 0.2) is 36.4 Å². The van der Waals surface area contributed by atoms with E-state index in [-0.39, 0.29) is 30.1 Å². The first-order valence-electron chi connectivity index (χ1n) is 9.74. The third-order valence-corrected chi connectivity index (χ3v) is 5.69. The van der Waals surface area contributed by atoms with Crippen LogP contribution >= 0.6 is 46.4 Å². The van der Waals surface area contributed by atoms with Crippen molar-refractivity contribution in [2.75, 3.05) is 6.61 Å². The second-order valence-electron chi connectivity index (χ2n) is 7.17. The summed E-state index contributed by atoms with van der Waals surface area (Å²) in [7, 11) is 0. The van der Waals surface area contributed by atoms with Crippen molar-refractivity contribution in [2.45, 2.75) is 45.8 Å². The Balaban J connectivity index is 2.30. The van der Waals surface area contributed by atoms with E-state index in [1.54, 1.807) is 30.3 Å². The average Bonchev–Trinajstić information content (AvgIpc) is 2.68. The summed E-state index contributed by atoms with van der Waals surface area (Å²) in [6.45, 7) is 5.27. The van der Waals surface area contributed by atoms with Crippen LogP contribution in [0.2, 0.25) is 20.1 Å². The molecule has 2 aromatic rings. The fourth-order valence-electron chi connectivity index (χ4n) is 2.97. The molecule has 0 aliphatic carbocycles. The molecule has 1 unspecified atom stereocenters. The Morgan fingerprint density at radius 1 is 1.03 bits per heavy atom. The Kier molecular flexibility index (Phi) is 9.76. The quantitative estimate of drug-likeness (QED) is 0.453. The highest BCUT2D eigenvalue weighted by Gasteiger charge is 2.30. The van der Waals surface area contributed by atoms with E-state index in [4.69, 9.17) is 51.1 Å². The molecule has 168 valence electrons. The predicted molar refractivity (Wildman–Crippen MR) is 126 cm³/mol. The molecule has 0 bridgehead atoms. The summed E-state index contributed by atoms with van der Waals surface area (Å²) >= 11 is 24.7. The second-order valence-corrected chi connectivity index (χ2v) is 8.83. The minimum absolute atomic E-state index is 0.0546. The molecular weight excluding hydrogens is 482 g/mol. The van der Waals surface area contributed by atoms with Crippen LogP contribution in [-0.2, 0) is 16.1 Å². The lowest BCUT2D eigenvalue weighted by molar-refractivity contribution is -0.143. The van der Waals surface area contributed by atoms with Gasteiger partial charge in [-0.25, -0.2) is 0 Å². The van der Waals surface area contributed by atoms with Crippen LogP contribution < -0.4 is 10.1 Å². The van der Waals surface area contributed by atoms with Crippen molar-refractivity contribution in [1.82, 2.24) is 10.2 Å². The first-order valence-corrected chi connectivity index (χ1v) is 11.3. The van der Waals surface area contributed by atoms with E-state index in [2.05, 4.69) is 5.32 Å². The predicted octanol–water partition coefficient (Wildman–Crippen LogP) is 6.01. The highest BCUT2D eigenvalue weighted by molar-refractivity contribution is 6.36. The molecular formula is C22H24Cl4N2O3. The standard InChI is InChI=1S/C22H24Cl4N2O3/c1-4-19(22(30)27-13(2)3)28(11-15-16(24)6-5-7-17(15)25)21(29)12-31-20-9-8-14(23)10-18(20)26/h5-10,13,19H,4,11-12H2,1-3H3,(H,27,30). The van der Waals surface area contributed by atoms with Crippen molar-refractivity contribution in [3.63, 3.8) is 0 Å². The van der Waals surface area contributed by atoms with Crippen LogP contribution in [0.4, 0.5) is 0 Å². The molecule has 0 saturated carbocycles. The van der Waals surface area contributed by atoms with Crippen LogP contribution in [0, 0.1) is 0 Å². The molecule has 0 aliphatic heterocycles. The van der Waals surface area contributed by atoms with E-state index in [9.17, 15) is 9.59 Å². The molecule has 1 N–H and O–H groups in total. The maximum atomic E-state index is 13.2. The van der Waals surface area contributed by atoms with Gasteiger partial charge in [-0.2, -0.15) is 0 Å². The highest BCUT2D eigenvalue weighted by Crippen LogP contribution is 2.29. The number of amides is 2. The third kappa shape index (κ3) is 7.18. The van der Waals surface area contributed by atoms with Crippen molar-refractivity contribution in [2.24, 2.45) is 0 Å². The number of ether oxygens (including phenoxy) is 1. The van der Waals surface area contributed by atoms with Crippen molar-refractivity contribution in [3.05, 3.63) is 62.1 Å². The van der Waals surface area contributed by atoms with Gasteiger partial charge in [0, 0.05) is 33.2 Å². The first-order chi connectivity index (χ1) is 14.6. The highest BCUT2D eigenvalue weighted by atomic mass is 35.5. The summed E-state index contributed by atoms with van der Waals surface area (Å²) in [5.41, 5.74) is 0.555. The molecule has 31 heavy (non-hydrogen) atoms. The fourth-order valence-corrected chi connectivity index (χ4v) is 3.95. The van der Waals surface area contributed by atoms with Crippen LogP contribution in [0.1, 0.15) is 32.8 Å². The number of nitrogens with one attached hydrogen (secondary N) is 1. The zero-order valence-electron chi connectivity index (χ0n) is 17.4. The van der Waals surface area contributed by atoms with E-state index in [0.29, 0.717) is 32.8 Å². The molecule has 0 heterocycles. The smallest absolute Gasteiger partial charge is 0.261 e. The number of rotatable bonds is 9. The Labute approximate surface area is 202 Å². The van der Waals surface area contributed by atoms with E-state index in [0.717, 1.165) is 0 Å². The number of halogens is 4. The summed E-state index contributed by atoms with van der Waals surface area (Å²) in [4.78, 5) is 27.4. The fraction of sp³-hybridized carbons (Fsp3) is 0.364. The Bertz CT molecular complexity index is 917. The average molecular weight is 506 g/mol. The molecule has 0 aliphatic rings. The maximum absolute atomic E-state index is 13.2. The third-order valence-electron chi connectivity index (χ3n) is 4.45. The number of benzene rings is 2. The van der Waals surface area contributed by atoms with E-state index in [1.165, 1.54) is 11.0 Å². The molecule has 0 spiro atoms. The number of hydrogen-bond donors (Lipinski definition) is 1. The molecule has 0 radical (unpaired) electrons. The van der Waals surface area contributed by atoms with Gasteiger partial charge in [-0.15, -0.1) is 0 Å². The summed E-state index contributed by atoms with van der Waals surface area (Å²) in [5, 5.41) is 4.41. The number of hydrogen-bond acceptors (Lipinski definition) is 3. The van der Waals surface area contributed by atoms with Gasteiger partial charge in [0.15, 0.2) is 6.61 Å². The van der Waals surface area contributed by atoms with Gasteiger partial charge in [0.25, 0.3) is 5.91 Å². The van der Waals surface area contributed by atoms with Crippen molar-refractivity contribution in [1.29, 1.82) is 0 Å². The minimum Gasteiger partial charge on any atom is -0.482 e. The molecule has 0 aromatic heterocycles. The monoisotopic (exact) mass is 504 g/mol. The van der Waals surface area contributed by atoms with E-state index < -0.39 is 11.9 Å². The van der Waals surface area contributed by atoms with E-state index >= 15 is 0 Å². The number of nitrogens with zero attached hydrogens (tertiary/aromatic N) is 1. The molecule has 0 saturated heterocycles. The molecule has 1 atom stereocenters. The Morgan fingerprint density at radius 2 is 1.68 bits per heavy atom. The van der Waals surface area contributed by atoms with E-state index in [1.807, 2.05) is 20.8 Å². The normalized spacial score (nSPS) is 11.9.